The minimum Gasteiger partial charge on any atom is -0.325 e. The Morgan fingerprint density at radius 1 is 1.18 bits per heavy atom. The maximum Gasteiger partial charge on any atom is 0.277 e. The molecule has 1 amide bonds. The molecule has 0 atom stereocenters. The predicted molar refractivity (Wildman–Crippen MR) is 107 cm³/mol. The molecule has 5 rings (SSSR count). The van der Waals surface area contributed by atoms with Crippen molar-refractivity contribution >= 4 is 28.3 Å². The third-order valence-electron chi connectivity index (χ3n) is 5.08. The number of aryl methyl sites for hydroxylation is 1. The highest BCUT2D eigenvalue weighted by Gasteiger charge is 2.27. The van der Waals surface area contributed by atoms with Crippen LogP contribution < -0.4 is 10.9 Å². The normalized spacial score (nSPS) is 13.9. The molecule has 0 bridgehead atoms. The molecule has 1 saturated carbocycles. The summed E-state index contributed by atoms with van der Waals surface area (Å²) in [6.45, 7) is 1.90. The first-order chi connectivity index (χ1) is 13.6. The number of anilines is 1. The standard InChI is InChI=1S/C21H19N5O2/c1-13-4-8-15(9-5-13)23-19(27)12-25-17-3-2-10-22-20(17)26-18(21(25)28)11-16(24-26)14-6-7-14/h2-5,8-11,14H,6-7,12H2,1H3,(H,23,27). The van der Waals surface area contributed by atoms with Gasteiger partial charge in [-0.15, -0.1) is 0 Å². The fourth-order valence-corrected chi connectivity index (χ4v) is 3.44. The van der Waals surface area contributed by atoms with Gasteiger partial charge in [-0.3, -0.25) is 14.2 Å². The number of nitrogens with zero attached hydrogens (tertiary/aromatic N) is 4. The van der Waals surface area contributed by atoms with Crippen LogP contribution in [0.25, 0.3) is 16.7 Å². The molecule has 0 radical (unpaired) electrons. The number of hydrogen-bond donors (Lipinski definition) is 1. The van der Waals surface area contributed by atoms with E-state index in [4.69, 9.17) is 0 Å². The van der Waals surface area contributed by atoms with E-state index in [0.717, 1.165) is 24.1 Å². The SMILES string of the molecule is Cc1ccc(NC(=O)Cn2c(=O)c3cc(C4CC4)nn3c3ncccc32)cc1. The number of carbonyl (C=O) groups is 1. The lowest BCUT2D eigenvalue weighted by atomic mass is 10.2. The van der Waals surface area contributed by atoms with Crippen LogP contribution in [0, 0.1) is 6.92 Å². The van der Waals surface area contributed by atoms with Crippen LogP contribution in [0.5, 0.6) is 0 Å². The Balaban J connectivity index is 1.57. The third-order valence-corrected chi connectivity index (χ3v) is 5.08. The molecule has 1 aliphatic rings. The quantitative estimate of drug-likeness (QED) is 0.596. The maximum absolute atomic E-state index is 13.1. The number of aromatic nitrogens is 4. The summed E-state index contributed by atoms with van der Waals surface area (Å²) in [6.07, 6.45) is 3.87. The Labute approximate surface area is 160 Å². The van der Waals surface area contributed by atoms with Crippen molar-refractivity contribution in [1.29, 1.82) is 0 Å². The van der Waals surface area contributed by atoms with Crippen molar-refractivity contribution in [2.24, 2.45) is 0 Å². The fourth-order valence-electron chi connectivity index (χ4n) is 3.44. The highest BCUT2D eigenvalue weighted by molar-refractivity contribution is 5.91. The largest absolute Gasteiger partial charge is 0.325 e. The summed E-state index contributed by atoms with van der Waals surface area (Å²) < 4.78 is 3.08. The monoisotopic (exact) mass is 373 g/mol. The molecule has 28 heavy (non-hydrogen) atoms. The zero-order valence-electron chi connectivity index (χ0n) is 15.4. The van der Waals surface area contributed by atoms with Crippen LogP contribution in [-0.2, 0) is 11.3 Å². The van der Waals surface area contributed by atoms with Crippen molar-refractivity contribution in [3.05, 3.63) is 70.3 Å². The van der Waals surface area contributed by atoms with Gasteiger partial charge in [0.05, 0.1) is 11.2 Å². The minimum atomic E-state index is -0.262. The number of amides is 1. The van der Waals surface area contributed by atoms with E-state index in [0.29, 0.717) is 28.3 Å². The Morgan fingerprint density at radius 2 is 1.96 bits per heavy atom. The van der Waals surface area contributed by atoms with Gasteiger partial charge < -0.3 is 5.32 Å². The van der Waals surface area contributed by atoms with Crippen molar-refractivity contribution < 1.29 is 4.79 Å². The first-order valence-electron chi connectivity index (χ1n) is 9.34. The van der Waals surface area contributed by atoms with Gasteiger partial charge in [0.1, 0.15) is 12.1 Å². The third kappa shape index (κ3) is 2.85. The molecule has 0 aliphatic heterocycles. The molecule has 0 spiro atoms. The molecule has 7 nitrogen and oxygen atoms in total. The van der Waals surface area contributed by atoms with Crippen LogP contribution in [0.15, 0.2) is 53.5 Å². The van der Waals surface area contributed by atoms with Crippen molar-refractivity contribution in [3.63, 3.8) is 0 Å². The summed E-state index contributed by atoms with van der Waals surface area (Å²) in [5, 5.41) is 7.45. The van der Waals surface area contributed by atoms with Crippen molar-refractivity contribution in [1.82, 2.24) is 19.2 Å². The van der Waals surface area contributed by atoms with Gasteiger partial charge in [0.15, 0.2) is 5.65 Å². The van der Waals surface area contributed by atoms with Crippen LogP contribution in [0.3, 0.4) is 0 Å². The lowest BCUT2D eigenvalue weighted by Crippen LogP contribution is -2.29. The summed E-state index contributed by atoms with van der Waals surface area (Å²) in [7, 11) is 0. The maximum atomic E-state index is 13.1. The van der Waals surface area contributed by atoms with E-state index in [1.54, 1.807) is 22.8 Å². The minimum absolute atomic E-state index is 0.0880. The van der Waals surface area contributed by atoms with Crippen LogP contribution >= 0.6 is 0 Å². The molecule has 140 valence electrons. The predicted octanol–water partition coefficient (Wildman–Crippen LogP) is 2.87. The first kappa shape index (κ1) is 16.7. The number of hydrogen-bond acceptors (Lipinski definition) is 4. The highest BCUT2D eigenvalue weighted by Crippen LogP contribution is 2.39. The van der Waals surface area contributed by atoms with E-state index >= 15 is 0 Å². The molecule has 3 heterocycles. The van der Waals surface area contributed by atoms with Crippen LogP contribution in [0.4, 0.5) is 5.69 Å². The number of fused-ring (bicyclic) bond motifs is 3. The van der Waals surface area contributed by atoms with Crippen molar-refractivity contribution in [2.45, 2.75) is 32.2 Å². The Morgan fingerprint density at radius 3 is 2.71 bits per heavy atom. The molecule has 1 aromatic carbocycles. The Bertz CT molecular complexity index is 1270. The summed E-state index contributed by atoms with van der Waals surface area (Å²) in [5.74, 6) is 0.165. The molecule has 3 aromatic heterocycles. The van der Waals surface area contributed by atoms with Crippen LogP contribution in [0.2, 0.25) is 0 Å². The van der Waals surface area contributed by atoms with Gasteiger partial charge in [0.25, 0.3) is 5.56 Å². The fraction of sp³-hybridized carbons (Fsp3) is 0.238. The van der Waals surface area contributed by atoms with Gasteiger partial charge >= 0.3 is 0 Å². The van der Waals surface area contributed by atoms with Gasteiger partial charge in [-0.05, 0) is 50.1 Å². The molecule has 1 N–H and O–H groups in total. The van der Waals surface area contributed by atoms with E-state index in [1.807, 2.05) is 37.3 Å². The van der Waals surface area contributed by atoms with E-state index in [1.165, 1.54) is 4.57 Å². The van der Waals surface area contributed by atoms with Gasteiger partial charge in [-0.1, -0.05) is 17.7 Å². The second kappa shape index (κ2) is 6.30. The molecule has 4 aromatic rings. The highest BCUT2D eigenvalue weighted by atomic mass is 16.2. The van der Waals surface area contributed by atoms with Crippen LogP contribution in [0.1, 0.15) is 30.0 Å². The lowest BCUT2D eigenvalue weighted by molar-refractivity contribution is -0.116. The van der Waals surface area contributed by atoms with Crippen molar-refractivity contribution in [3.8, 4) is 0 Å². The average molecular weight is 373 g/mol. The average Bonchev–Trinajstić information content (AvgIpc) is 3.45. The van der Waals surface area contributed by atoms with E-state index in [9.17, 15) is 9.59 Å². The molecule has 1 aliphatic carbocycles. The summed E-state index contributed by atoms with van der Waals surface area (Å²) in [6, 6.07) is 12.9. The summed E-state index contributed by atoms with van der Waals surface area (Å²) in [5.41, 5.74) is 4.12. The molecule has 7 heteroatoms. The number of rotatable bonds is 4. The zero-order valence-corrected chi connectivity index (χ0v) is 15.4. The van der Waals surface area contributed by atoms with E-state index in [2.05, 4.69) is 15.4 Å². The van der Waals surface area contributed by atoms with Gasteiger partial charge in [-0.25, -0.2) is 9.50 Å². The number of pyridine rings is 1. The topological polar surface area (TPSA) is 81.3 Å². The first-order valence-corrected chi connectivity index (χ1v) is 9.34. The molecule has 1 fully saturated rings. The van der Waals surface area contributed by atoms with Gasteiger partial charge in [-0.2, -0.15) is 5.10 Å². The van der Waals surface area contributed by atoms with E-state index in [-0.39, 0.29) is 18.0 Å². The van der Waals surface area contributed by atoms with E-state index < -0.39 is 0 Å². The lowest BCUT2D eigenvalue weighted by Gasteiger charge is -2.11. The molecular formula is C21H19N5O2. The second-order valence-electron chi connectivity index (χ2n) is 7.29. The Hall–Kier alpha value is -3.48. The summed E-state index contributed by atoms with van der Waals surface area (Å²) >= 11 is 0. The van der Waals surface area contributed by atoms with Crippen LogP contribution in [-0.4, -0.2) is 25.1 Å². The second-order valence-corrected chi connectivity index (χ2v) is 7.29. The van der Waals surface area contributed by atoms with Gasteiger partial charge in [0, 0.05) is 17.8 Å². The number of nitrogens with one attached hydrogen (secondary N) is 1. The molecule has 0 saturated heterocycles. The smallest absolute Gasteiger partial charge is 0.277 e. The van der Waals surface area contributed by atoms with Gasteiger partial charge in [0.2, 0.25) is 5.91 Å². The number of benzene rings is 1. The molecule has 0 unspecified atom stereocenters. The summed E-state index contributed by atoms with van der Waals surface area (Å²) in [4.78, 5) is 30.1. The Kier molecular flexibility index (Phi) is 3.75. The molecular weight excluding hydrogens is 354 g/mol. The zero-order chi connectivity index (χ0) is 19.3. The van der Waals surface area contributed by atoms with Crippen molar-refractivity contribution in [2.75, 3.05) is 5.32 Å². The number of carbonyl (C=O) groups excluding carboxylic acids is 1.